The van der Waals surface area contributed by atoms with E-state index in [-0.39, 0.29) is 0 Å². The maximum atomic E-state index is 5.01. The Hall–Kier alpha value is -1.32. The van der Waals surface area contributed by atoms with Crippen LogP contribution < -0.4 is 9.64 Å². The van der Waals surface area contributed by atoms with E-state index in [2.05, 4.69) is 14.9 Å². The number of nitrogens with zero attached hydrogens (tertiary/aromatic N) is 3. The zero-order valence-electron chi connectivity index (χ0n) is 7.95. The third-order valence-corrected chi connectivity index (χ3v) is 2.18. The van der Waals surface area contributed by atoms with Crippen molar-refractivity contribution >= 4 is 5.82 Å². The standard InChI is InChI=1S/C9H13N3O/c1-7-6-8(12-4-3-5-12)11-9(10-7)13-2/h6H,3-5H2,1-2H3. The largest absolute Gasteiger partial charge is 0.467 e. The molecule has 4 nitrogen and oxygen atoms in total. The maximum Gasteiger partial charge on any atom is 0.318 e. The van der Waals surface area contributed by atoms with Gasteiger partial charge in [-0.25, -0.2) is 4.98 Å². The zero-order chi connectivity index (χ0) is 9.26. The van der Waals surface area contributed by atoms with E-state index in [1.54, 1.807) is 7.11 Å². The molecule has 0 aliphatic carbocycles. The molecule has 0 aromatic carbocycles. The maximum absolute atomic E-state index is 5.01. The van der Waals surface area contributed by atoms with E-state index < -0.39 is 0 Å². The van der Waals surface area contributed by atoms with Gasteiger partial charge < -0.3 is 9.64 Å². The van der Waals surface area contributed by atoms with Crippen LogP contribution in [0.1, 0.15) is 12.1 Å². The van der Waals surface area contributed by atoms with Gasteiger partial charge >= 0.3 is 6.01 Å². The molecule has 1 fully saturated rings. The molecule has 0 unspecified atom stereocenters. The number of hydrogen-bond donors (Lipinski definition) is 0. The molecule has 0 atom stereocenters. The summed E-state index contributed by atoms with van der Waals surface area (Å²) < 4.78 is 5.01. The van der Waals surface area contributed by atoms with Crippen LogP contribution in [-0.4, -0.2) is 30.2 Å². The Morgan fingerprint density at radius 1 is 1.38 bits per heavy atom. The predicted octanol–water partition coefficient (Wildman–Crippen LogP) is 1.00. The molecule has 4 heteroatoms. The number of ether oxygens (including phenoxy) is 1. The molecule has 0 saturated carbocycles. The van der Waals surface area contributed by atoms with Gasteiger partial charge in [0.2, 0.25) is 0 Å². The minimum absolute atomic E-state index is 0.460. The number of methoxy groups -OCH3 is 1. The molecule has 1 aliphatic heterocycles. The van der Waals surface area contributed by atoms with Crippen molar-refractivity contribution in [2.75, 3.05) is 25.1 Å². The summed E-state index contributed by atoms with van der Waals surface area (Å²) in [5.74, 6) is 0.982. The fourth-order valence-electron chi connectivity index (χ4n) is 1.32. The molecule has 0 bridgehead atoms. The first-order valence-electron chi connectivity index (χ1n) is 4.44. The third-order valence-electron chi connectivity index (χ3n) is 2.18. The van der Waals surface area contributed by atoms with Crippen molar-refractivity contribution in [1.82, 2.24) is 9.97 Å². The lowest BCUT2D eigenvalue weighted by Crippen LogP contribution is -2.37. The first-order chi connectivity index (χ1) is 6.29. The van der Waals surface area contributed by atoms with Gasteiger partial charge in [-0.2, -0.15) is 4.98 Å². The Morgan fingerprint density at radius 3 is 2.69 bits per heavy atom. The van der Waals surface area contributed by atoms with Crippen molar-refractivity contribution in [3.63, 3.8) is 0 Å². The summed E-state index contributed by atoms with van der Waals surface area (Å²) >= 11 is 0. The highest BCUT2D eigenvalue weighted by molar-refractivity contribution is 5.42. The molecule has 0 N–H and O–H groups in total. The summed E-state index contributed by atoms with van der Waals surface area (Å²) in [5.41, 5.74) is 0.953. The van der Waals surface area contributed by atoms with E-state index in [9.17, 15) is 0 Å². The fraction of sp³-hybridized carbons (Fsp3) is 0.556. The molecule has 1 aromatic heterocycles. The summed E-state index contributed by atoms with van der Waals surface area (Å²) in [7, 11) is 1.59. The van der Waals surface area contributed by atoms with Crippen molar-refractivity contribution in [2.45, 2.75) is 13.3 Å². The summed E-state index contributed by atoms with van der Waals surface area (Å²) in [6.45, 7) is 4.15. The molecule has 70 valence electrons. The van der Waals surface area contributed by atoms with Gasteiger partial charge in [-0.15, -0.1) is 0 Å². The number of aryl methyl sites for hydroxylation is 1. The lowest BCUT2D eigenvalue weighted by molar-refractivity contribution is 0.378. The van der Waals surface area contributed by atoms with E-state index in [0.717, 1.165) is 24.6 Å². The minimum Gasteiger partial charge on any atom is -0.467 e. The smallest absolute Gasteiger partial charge is 0.318 e. The second-order valence-electron chi connectivity index (χ2n) is 3.19. The Kier molecular flexibility index (Phi) is 2.04. The molecule has 2 rings (SSSR count). The fourth-order valence-corrected chi connectivity index (χ4v) is 1.32. The average Bonchev–Trinajstić information content (AvgIpc) is 2.00. The van der Waals surface area contributed by atoms with Crippen LogP contribution in [-0.2, 0) is 0 Å². The highest BCUT2D eigenvalue weighted by Gasteiger charge is 2.16. The van der Waals surface area contributed by atoms with Crippen molar-refractivity contribution in [1.29, 1.82) is 0 Å². The number of hydrogen-bond acceptors (Lipinski definition) is 4. The van der Waals surface area contributed by atoms with Gasteiger partial charge in [0.15, 0.2) is 0 Å². The summed E-state index contributed by atoms with van der Waals surface area (Å²) in [4.78, 5) is 10.6. The lowest BCUT2D eigenvalue weighted by atomic mass is 10.2. The number of aromatic nitrogens is 2. The SMILES string of the molecule is COc1nc(C)cc(N2CCC2)n1. The van der Waals surface area contributed by atoms with Gasteiger partial charge in [-0.3, -0.25) is 0 Å². The van der Waals surface area contributed by atoms with Gasteiger partial charge in [-0.1, -0.05) is 0 Å². The van der Waals surface area contributed by atoms with Crippen LogP contribution in [0.2, 0.25) is 0 Å². The summed E-state index contributed by atoms with van der Waals surface area (Å²) in [6.07, 6.45) is 1.26. The monoisotopic (exact) mass is 179 g/mol. The first-order valence-corrected chi connectivity index (χ1v) is 4.44. The molecule has 1 saturated heterocycles. The third kappa shape index (κ3) is 1.56. The van der Waals surface area contributed by atoms with Crippen molar-refractivity contribution in [3.8, 4) is 6.01 Å². The number of rotatable bonds is 2. The molecule has 1 aliphatic rings. The van der Waals surface area contributed by atoms with Gasteiger partial charge in [0.25, 0.3) is 0 Å². The van der Waals surface area contributed by atoms with Crippen LogP contribution >= 0.6 is 0 Å². The molecule has 13 heavy (non-hydrogen) atoms. The Balaban J connectivity index is 2.28. The molecular weight excluding hydrogens is 166 g/mol. The van der Waals surface area contributed by atoms with E-state index in [0.29, 0.717) is 6.01 Å². The predicted molar refractivity (Wildman–Crippen MR) is 50.2 cm³/mol. The molecule has 1 aromatic rings. The Bertz CT molecular complexity index is 310. The molecule has 2 heterocycles. The lowest BCUT2D eigenvalue weighted by Gasteiger charge is -2.32. The minimum atomic E-state index is 0.460. The van der Waals surface area contributed by atoms with Crippen molar-refractivity contribution in [3.05, 3.63) is 11.8 Å². The van der Waals surface area contributed by atoms with Gasteiger partial charge in [0, 0.05) is 24.8 Å². The highest BCUT2D eigenvalue weighted by atomic mass is 16.5. The van der Waals surface area contributed by atoms with Crippen LogP contribution in [0.4, 0.5) is 5.82 Å². The average molecular weight is 179 g/mol. The highest BCUT2D eigenvalue weighted by Crippen LogP contribution is 2.20. The second-order valence-corrected chi connectivity index (χ2v) is 3.19. The van der Waals surface area contributed by atoms with Crippen LogP contribution in [0.5, 0.6) is 6.01 Å². The zero-order valence-corrected chi connectivity index (χ0v) is 7.95. The van der Waals surface area contributed by atoms with Gasteiger partial charge in [0.1, 0.15) is 5.82 Å². The van der Waals surface area contributed by atoms with Crippen LogP contribution in [0.3, 0.4) is 0 Å². The van der Waals surface area contributed by atoms with Gasteiger partial charge in [0.05, 0.1) is 7.11 Å². The second kappa shape index (κ2) is 3.20. The molecular formula is C9H13N3O. The van der Waals surface area contributed by atoms with Crippen molar-refractivity contribution < 1.29 is 4.74 Å². The van der Waals surface area contributed by atoms with E-state index in [1.165, 1.54) is 6.42 Å². The normalized spacial score (nSPS) is 15.4. The van der Waals surface area contributed by atoms with E-state index in [4.69, 9.17) is 4.74 Å². The van der Waals surface area contributed by atoms with E-state index >= 15 is 0 Å². The van der Waals surface area contributed by atoms with Crippen LogP contribution in [0.25, 0.3) is 0 Å². The topological polar surface area (TPSA) is 38.2 Å². The summed E-state index contributed by atoms with van der Waals surface area (Å²) in [5, 5.41) is 0. The van der Waals surface area contributed by atoms with E-state index in [1.807, 2.05) is 13.0 Å². The summed E-state index contributed by atoms with van der Waals surface area (Å²) in [6, 6.07) is 2.45. The molecule has 0 spiro atoms. The molecule has 0 radical (unpaired) electrons. The van der Waals surface area contributed by atoms with Crippen LogP contribution in [0, 0.1) is 6.92 Å². The Morgan fingerprint density at radius 2 is 2.15 bits per heavy atom. The van der Waals surface area contributed by atoms with Crippen LogP contribution in [0.15, 0.2) is 6.07 Å². The quantitative estimate of drug-likeness (QED) is 0.679. The van der Waals surface area contributed by atoms with Crippen molar-refractivity contribution in [2.24, 2.45) is 0 Å². The molecule has 0 amide bonds. The Labute approximate surface area is 77.6 Å². The van der Waals surface area contributed by atoms with Gasteiger partial charge in [-0.05, 0) is 13.3 Å². The number of anilines is 1. The first kappa shape index (κ1) is 8.29.